The summed E-state index contributed by atoms with van der Waals surface area (Å²) in [5.41, 5.74) is 0.777. The fraction of sp³-hybridized carbons (Fsp3) is 0.500. The summed E-state index contributed by atoms with van der Waals surface area (Å²) >= 11 is 1.07. The van der Waals surface area contributed by atoms with E-state index < -0.39 is 12.0 Å². The highest BCUT2D eigenvalue weighted by Gasteiger charge is 2.34. The molecule has 0 bridgehead atoms. The minimum atomic E-state index is -0.940. The lowest BCUT2D eigenvalue weighted by atomic mass is 10.0. The second-order valence-electron chi connectivity index (χ2n) is 4.58. The summed E-state index contributed by atoms with van der Waals surface area (Å²) in [7, 11) is 1.47. The molecule has 2 amide bonds. The molecule has 2 rings (SSSR count). The Morgan fingerprint density at radius 2 is 2.25 bits per heavy atom. The molecule has 1 fully saturated rings. The van der Waals surface area contributed by atoms with Crippen molar-refractivity contribution in [3.8, 4) is 0 Å². The molecule has 8 heteroatoms. The number of amides is 2. The number of hydrogen-bond donors (Lipinski definition) is 1. The quantitative estimate of drug-likeness (QED) is 0.649. The van der Waals surface area contributed by atoms with Gasteiger partial charge >= 0.3 is 5.97 Å². The van der Waals surface area contributed by atoms with E-state index in [1.165, 1.54) is 7.05 Å². The van der Waals surface area contributed by atoms with E-state index in [1.54, 1.807) is 10.8 Å². The van der Waals surface area contributed by atoms with E-state index in [0.717, 1.165) is 22.4 Å². The number of nitrogens with zero attached hydrogens (tertiary/aromatic N) is 3. The van der Waals surface area contributed by atoms with Gasteiger partial charge in [-0.25, -0.2) is 4.98 Å². The molecule has 1 atom stereocenters. The molecule has 0 radical (unpaired) electrons. The van der Waals surface area contributed by atoms with Crippen LogP contribution in [0.25, 0.3) is 0 Å². The number of imidazole rings is 1. The van der Waals surface area contributed by atoms with Gasteiger partial charge in [0.15, 0.2) is 5.16 Å². The van der Waals surface area contributed by atoms with Gasteiger partial charge in [-0.3, -0.25) is 19.3 Å². The SMILES string of the molecule is Cc1cnc(SCC(=O)O)n1C1CCC(=O)N(C)C1=O. The Morgan fingerprint density at radius 1 is 1.55 bits per heavy atom. The largest absolute Gasteiger partial charge is 0.481 e. The number of aromatic nitrogens is 2. The van der Waals surface area contributed by atoms with Gasteiger partial charge in [-0.2, -0.15) is 0 Å². The van der Waals surface area contributed by atoms with Gasteiger partial charge in [0.2, 0.25) is 5.91 Å². The second-order valence-corrected chi connectivity index (χ2v) is 5.52. The highest BCUT2D eigenvalue weighted by molar-refractivity contribution is 7.99. The number of rotatable bonds is 4. The number of likely N-dealkylation sites (N-methyl/N-ethyl adjacent to an activating group) is 1. The van der Waals surface area contributed by atoms with Crippen LogP contribution in [-0.4, -0.2) is 50.1 Å². The van der Waals surface area contributed by atoms with Crippen molar-refractivity contribution in [2.24, 2.45) is 0 Å². The lowest BCUT2D eigenvalue weighted by Crippen LogP contribution is -2.43. The van der Waals surface area contributed by atoms with E-state index >= 15 is 0 Å². The van der Waals surface area contributed by atoms with Crippen molar-refractivity contribution in [1.82, 2.24) is 14.5 Å². The van der Waals surface area contributed by atoms with Crippen LogP contribution >= 0.6 is 11.8 Å². The van der Waals surface area contributed by atoms with Crippen LogP contribution in [0.1, 0.15) is 24.6 Å². The van der Waals surface area contributed by atoms with Crippen LogP contribution in [-0.2, 0) is 14.4 Å². The third-order valence-electron chi connectivity index (χ3n) is 3.21. The zero-order valence-corrected chi connectivity index (χ0v) is 12.0. The minimum absolute atomic E-state index is 0.119. The van der Waals surface area contributed by atoms with Crippen molar-refractivity contribution in [1.29, 1.82) is 0 Å². The number of piperidine rings is 1. The van der Waals surface area contributed by atoms with Gasteiger partial charge in [-0.05, 0) is 13.3 Å². The number of carboxylic acids is 1. The zero-order valence-electron chi connectivity index (χ0n) is 11.2. The first-order valence-corrected chi connectivity index (χ1v) is 7.09. The van der Waals surface area contributed by atoms with Crippen LogP contribution in [0.15, 0.2) is 11.4 Å². The van der Waals surface area contributed by atoms with Gasteiger partial charge in [0.25, 0.3) is 5.91 Å². The van der Waals surface area contributed by atoms with E-state index in [9.17, 15) is 14.4 Å². The number of likely N-dealkylation sites (tertiary alicyclic amines) is 1. The van der Waals surface area contributed by atoms with Crippen LogP contribution in [0.3, 0.4) is 0 Å². The summed E-state index contributed by atoms with van der Waals surface area (Å²) in [5, 5.41) is 9.23. The summed E-state index contributed by atoms with van der Waals surface area (Å²) in [6.45, 7) is 1.81. The number of carbonyl (C=O) groups excluding carboxylic acids is 2. The van der Waals surface area contributed by atoms with Crippen molar-refractivity contribution < 1.29 is 19.5 Å². The molecule has 0 aromatic carbocycles. The number of imide groups is 1. The summed E-state index contributed by atoms with van der Waals surface area (Å²) in [5.74, 6) is -1.53. The average molecular weight is 297 g/mol. The first-order valence-electron chi connectivity index (χ1n) is 6.10. The van der Waals surface area contributed by atoms with Crippen molar-refractivity contribution in [2.45, 2.75) is 31.0 Å². The molecule has 1 aromatic rings. The summed E-state index contributed by atoms with van der Waals surface area (Å²) in [6.07, 6.45) is 2.32. The van der Waals surface area contributed by atoms with Gasteiger partial charge in [0, 0.05) is 25.4 Å². The Morgan fingerprint density at radius 3 is 2.90 bits per heavy atom. The molecule has 0 saturated carbocycles. The number of aryl methyl sites for hydroxylation is 1. The van der Waals surface area contributed by atoms with E-state index in [2.05, 4.69) is 4.98 Å². The molecule has 20 heavy (non-hydrogen) atoms. The summed E-state index contributed by atoms with van der Waals surface area (Å²) in [4.78, 5) is 39.6. The Labute approximate surface area is 120 Å². The Balaban J connectivity index is 2.27. The van der Waals surface area contributed by atoms with Crippen LogP contribution in [0.5, 0.6) is 0 Å². The molecular weight excluding hydrogens is 282 g/mol. The standard InChI is InChI=1S/C12H15N3O4S/c1-7-5-13-12(20-6-10(17)18)15(7)8-3-4-9(16)14(2)11(8)19/h5,8H,3-4,6H2,1-2H3,(H,17,18). The molecular formula is C12H15N3O4S. The normalized spacial score (nSPS) is 19.5. The second kappa shape index (κ2) is 5.66. The molecule has 0 spiro atoms. The molecule has 0 aliphatic carbocycles. The molecule has 108 valence electrons. The van der Waals surface area contributed by atoms with Crippen LogP contribution in [0.4, 0.5) is 0 Å². The van der Waals surface area contributed by atoms with E-state index in [1.807, 2.05) is 6.92 Å². The maximum atomic E-state index is 12.2. The number of aliphatic carboxylic acids is 1. The molecule has 1 unspecified atom stereocenters. The van der Waals surface area contributed by atoms with Gasteiger partial charge < -0.3 is 9.67 Å². The monoisotopic (exact) mass is 297 g/mol. The fourth-order valence-electron chi connectivity index (χ4n) is 2.17. The van der Waals surface area contributed by atoms with Gasteiger partial charge in [0.1, 0.15) is 6.04 Å². The number of carbonyl (C=O) groups is 3. The van der Waals surface area contributed by atoms with Crippen LogP contribution < -0.4 is 0 Å². The molecule has 1 saturated heterocycles. The van der Waals surface area contributed by atoms with Crippen molar-refractivity contribution in [3.63, 3.8) is 0 Å². The van der Waals surface area contributed by atoms with Crippen molar-refractivity contribution in [2.75, 3.05) is 12.8 Å². The number of thioether (sulfide) groups is 1. The topological polar surface area (TPSA) is 92.5 Å². The molecule has 1 aliphatic rings. The summed E-state index contributed by atoms with van der Waals surface area (Å²) < 4.78 is 1.72. The molecule has 1 aliphatic heterocycles. The van der Waals surface area contributed by atoms with Crippen LogP contribution in [0, 0.1) is 6.92 Å². The van der Waals surface area contributed by atoms with Gasteiger partial charge in [0.05, 0.1) is 5.75 Å². The van der Waals surface area contributed by atoms with Crippen molar-refractivity contribution in [3.05, 3.63) is 11.9 Å². The lowest BCUT2D eigenvalue weighted by molar-refractivity contribution is -0.149. The fourth-order valence-corrected chi connectivity index (χ4v) is 2.96. The number of carboxylic acid groups (broad SMARTS) is 1. The van der Waals surface area contributed by atoms with E-state index in [4.69, 9.17) is 5.11 Å². The van der Waals surface area contributed by atoms with E-state index in [0.29, 0.717) is 18.0 Å². The third kappa shape index (κ3) is 2.69. The summed E-state index contributed by atoms with van der Waals surface area (Å²) in [6, 6.07) is -0.489. The third-order valence-corrected chi connectivity index (χ3v) is 4.16. The Hall–Kier alpha value is -1.83. The highest BCUT2D eigenvalue weighted by Crippen LogP contribution is 2.29. The zero-order chi connectivity index (χ0) is 14.9. The molecule has 2 heterocycles. The van der Waals surface area contributed by atoms with Crippen molar-refractivity contribution >= 4 is 29.5 Å². The highest BCUT2D eigenvalue weighted by atomic mass is 32.2. The smallest absolute Gasteiger partial charge is 0.313 e. The van der Waals surface area contributed by atoms with Crippen LogP contribution in [0.2, 0.25) is 0 Å². The molecule has 1 aromatic heterocycles. The predicted molar refractivity (Wildman–Crippen MR) is 71.4 cm³/mol. The molecule has 7 nitrogen and oxygen atoms in total. The van der Waals surface area contributed by atoms with E-state index in [-0.39, 0.29) is 17.6 Å². The van der Waals surface area contributed by atoms with Gasteiger partial charge in [-0.15, -0.1) is 0 Å². The average Bonchev–Trinajstić information content (AvgIpc) is 2.75. The minimum Gasteiger partial charge on any atom is -0.481 e. The first-order chi connectivity index (χ1) is 9.41. The maximum Gasteiger partial charge on any atom is 0.313 e. The van der Waals surface area contributed by atoms with Gasteiger partial charge in [-0.1, -0.05) is 11.8 Å². The lowest BCUT2D eigenvalue weighted by Gasteiger charge is -2.30. The Bertz CT molecular complexity index is 569. The maximum absolute atomic E-state index is 12.2. The molecule has 1 N–H and O–H groups in total. The predicted octanol–water partition coefficient (Wildman–Crippen LogP) is 0.688. The first kappa shape index (κ1) is 14.6. The Kier molecular flexibility index (Phi) is 4.12. The number of hydrogen-bond acceptors (Lipinski definition) is 5.